The first kappa shape index (κ1) is 19.4. The Balaban J connectivity index is 1.59. The zero-order chi connectivity index (χ0) is 20.2. The van der Waals surface area contributed by atoms with Gasteiger partial charge in [0.2, 0.25) is 5.91 Å². The average molecular weight is 422 g/mol. The summed E-state index contributed by atoms with van der Waals surface area (Å²) in [6.45, 7) is 2.43. The molecule has 0 fully saturated rings. The molecular weight excluding hydrogens is 402 g/mol. The fraction of sp³-hybridized carbons (Fsp3) is 0.136. The first-order valence-corrected chi connectivity index (χ1v) is 11.0. The number of hydrogen-bond donors (Lipinski definition) is 1. The van der Waals surface area contributed by atoms with Gasteiger partial charge in [0.1, 0.15) is 4.83 Å². The Bertz CT molecular complexity index is 1220. The summed E-state index contributed by atoms with van der Waals surface area (Å²) < 4.78 is 1.61. The SMILES string of the molecule is Cc1ccccc1-n1c(SCC(=O)NCc2ccccc2)nc2sccc2c1=O. The van der Waals surface area contributed by atoms with E-state index in [0.29, 0.717) is 21.9 Å². The summed E-state index contributed by atoms with van der Waals surface area (Å²) in [6.07, 6.45) is 0. The molecule has 0 aliphatic heterocycles. The average Bonchev–Trinajstić information content (AvgIpc) is 3.21. The van der Waals surface area contributed by atoms with E-state index in [4.69, 9.17) is 0 Å². The maximum Gasteiger partial charge on any atom is 0.267 e. The normalized spacial score (nSPS) is 10.9. The second-order valence-corrected chi connectivity index (χ2v) is 8.35. The molecule has 0 saturated heterocycles. The van der Waals surface area contributed by atoms with Gasteiger partial charge in [0.05, 0.1) is 16.8 Å². The van der Waals surface area contributed by atoms with Gasteiger partial charge in [0.25, 0.3) is 5.56 Å². The van der Waals surface area contributed by atoms with Crippen LogP contribution in [0.5, 0.6) is 0 Å². The first-order valence-electron chi connectivity index (χ1n) is 9.13. The van der Waals surface area contributed by atoms with Gasteiger partial charge in [-0.2, -0.15) is 0 Å². The van der Waals surface area contributed by atoms with Crippen LogP contribution in [0.2, 0.25) is 0 Å². The zero-order valence-electron chi connectivity index (χ0n) is 15.8. The number of carbonyl (C=O) groups is 1. The lowest BCUT2D eigenvalue weighted by atomic mass is 10.2. The van der Waals surface area contributed by atoms with Gasteiger partial charge in [-0.15, -0.1) is 11.3 Å². The first-order chi connectivity index (χ1) is 14.1. The number of thioether (sulfide) groups is 1. The van der Waals surface area contributed by atoms with Crippen molar-refractivity contribution in [1.82, 2.24) is 14.9 Å². The van der Waals surface area contributed by atoms with Gasteiger partial charge in [-0.05, 0) is 35.6 Å². The number of fused-ring (bicyclic) bond motifs is 1. The number of hydrogen-bond acceptors (Lipinski definition) is 5. The molecule has 0 bridgehead atoms. The Kier molecular flexibility index (Phi) is 5.78. The maximum absolute atomic E-state index is 13.1. The molecule has 4 aromatic rings. The Hall–Kier alpha value is -2.90. The fourth-order valence-corrected chi connectivity index (χ4v) is 4.64. The minimum Gasteiger partial charge on any atom is -0.351 e. The number of aromatic nitrogens is 2. The molecule has 29 heavy (non-hydrogen) atoms. The highest BCUT2D eigenvalue weighted by atomic mass is 32.2. The lowest BCUT2D eigenvalue weighted by Crippen LogP contribution is -2.26. The van der Waals surface area contributed by atoms with Crippen molar-refractivity contribution < 1.29 is 4.79 Å². The van der Waals surface area contributed by atoms with Crippen molar-refractivity contribution in [3.05, 3.63) is 87.5 Å². The third kappa shape index (κ3) is 4.26. The number of carbonyl (C=O) groups excluding carboxylic acids is 1. The predicted molar refractivity (Wildman–Crippen MR) is 119 cm³/mol. The molecule has 0 saturated carbocycles. The lowest BCUT2D eigenvalue weighted by Gasteiger charge is -2.14. The van der Waals surface area contributed by atoms with Gasteiger partial charge in [0, 0.05) is 6.54 Å². The molecular formula is C22H19N3O2S2. The number of rotatable bonds is 6. The van der Waals surface area contributed by atoms with Gasteiger partial charge in [-0.1, -0.05) is 60.3 Å². The number of thiophene rings is 1. The molecule has 146 valence electrons. The van der Waals surface area contributed by atoms with Crippen molar-refractivity contribution in [2.24, 2.45) is 0 Å². The topological polar surface area (TPSA) is 64.0 Å². The van der Waals surface area contributed by atoms with Crippen molar-refractivity contribution in [3.63, 3.8) is 0 Å². The van der Waals surface area contributed by atoms with Crippen molar-refractivity contribution in [1.29, 1.82) is 0 Å². The molecule has 2 aromatic heterocycles. The molecule has 7 heteroatoms. The highest BCUT2D eigenvalue weighted by Gasteiger charge is 2.16. The second-order valence-electron chi connectivity index (χ2n) is 6.51. The molecule has 1 amide bonds. The van der Waals surface area contributed by atoms with Gasteiger partial charge in [-0.25, -0.2) is 4.98 Å². The number of aryl methyl sites for hydroxylation is 1. The monoisotopic (exact) mass is 421 g/mol. The highest BCUT2D eigenvalue weighted by Crippen LogP contribution is 2.25. The maximum atomic E-state index is 13.1. The van der Waals surface area contributed by atoms with Crippen LogP contribution in [0.4, 0.5) is 0 Å². The summed E-state index contributed by atoms with van der Waals surface area (Å²) in [4.78, 5) is 30.8. The van der Waals surface area contributed by atoms with Crippen LogP contribution in [0.3, 0.4) is 0 Å². The molecule has 0 aliphatic rings. The van der Waals surface area contributed by atoms with Gasteiger partial charge in [0.15, 0.2) is 5.16 Å². The Morgan fingerprint density at radius 2 is 1.86 bits per heavy atom. The number of nitrogens with zero attached hydrogens (tertiary/aromatic N) is 2. The summed E-state index contributed by atoms with van der Waals surface area (Å²) >= 11 is 2.70. The van der Waals surface area contributed by atoms with Crippen LogP contribution in [0.1, 0.15) is 11.1 Å². The van der Waals surface area contributed by atoms with E-state index in [9.17, 15) is 9.59 Å². The molecule has 2 aromatic carbocycles. The molecule has 5 nitrogen and oxygen atoms in total. The van der Waals surface area contributed by atoms with Gasteiger partial charge in [-0.3, -0.25) is 14.2 Å². The number of amides is 1. The molecule has 0 unspecified atom stereocenters. The molecule has 0 atom stereocenters. The van der Waals surface area contributed by atoms with Crippen molar-refractivity contribution >= 4 is 39.2 Å². The Morgan fingerprint density at radius 3 is 2.66 bits per heavy atom. The van der Waals surface area contributed by atoms with E-state index in [-0.39, 0.29) is 17.2 Å². The third-order valence-corrected chi connectivity index (χ3v) is 6.23. The van der Waals surface area contributed by atoms with Gasteiger partial charge < -0.3 is 5.32 Å². The standard InChI is InChI=1S/C22H19N3O2S2/c1-15-7-5-6-10-18(15)25-21(27)17-11-12-28-20(17)24-22(25)29-14-19(26)23-13-16-8-3-2-4-9-16/h2-12H,13-14H2,1H3,(H,23,26). The number of para-hydroxylation sites is 1. The highest BCUT2D eigenvalue weighted by molar-refractivity contribution is 7.99. The van der Waals surface area contributed by atoms with Crippen molar-refractivity contribution in [2.45, 2.75) is 18.6 Å². The number of nitrogens with one attached hydrogen (secondary N) is 1. The van der Waals surface area contributed by atoms with Gasteiger partial charge >= 0.3 is 0 Å². The minimum atomic E-state index is -0.113. The van der Waals surface area contributed by atoms with Crippen LogP contribution >= 0.6 is 23.1 Å². The summed E-state index contributed by atoms with van der Waals surface area (Å²) in [5.74, 6) is 0.0814. The van der Waals surface area contributed by atoms with Crippen LogP contribution < -0.4 is 10.9 Å². The van der Waals surface area contributed by atoms with Crippen molar-refractivity contribution in [2.75, 3.05) is 5.75 Å². The van der Waals surface area contributed by atoms with E-state index in [1.54, 1.807) is 10.6 Å². The summed E-state index contributed by atoms with van der Waals surface area (Å²) in [5, 5.41) is 5.89. The smallest absolute Gasteiger partial charge is 0.267 e. The van der Waals surface area contributed by atoms with Crippen LogP contribution in [-0.4, -0.2) is 21.2 Å². The zero-order valence-corrected chi connectivity index (χ0v) is 17.4. The van der Waals surface area contributed by atoms with E-state index >= 15 is 0 Å². The number of benzene rings is 2. The largest absolute Gasteiger partial charge is 0.351 e. The van der Waals surface area contributed by atoms with E-state index < -0.39 is 0 Å². The van der Waals surface area contributed by atoms with E-state index in [2.05, 4.69) is 10.3 Å². The van der Waals surface area contributed by atoms with Crippen molar-refractivity contribution in [3.8, 4) is 5.69 Å². The Morgan fingerprint density at radius 1 is 1.10 bits per heavy atom. The molecule has 4 rings (SSSR count). The quantitative estimate of drug-likeness (QED) is 0.375. The second kappa shape index (κ2) is 8.63. The molecule has 0 spiro atoms. The minimum absolute atomic E-state index is 0.101. The molecule has 2 heterocycles. The fourth-order valence-electron chi connectivity index (χ4n) is 3.00. The van der Waals surface area contributed by atoms with Crippen LogP contribution in [0.25, 0.3) is 15.9 Å². The molecule has 1 N–H and O–H groups in total. The van der Waals surface area contributed by atoms with Crippen LogP contribution in [0, 0.1) is 6.92 Å². The van der Waals surface area contributed by atoms with Crippen LogP contribution in [-0.2, 0) is 11.3 Å². The molecule has 0 aliphatic carbocycles. The van der Waals surface area contributed by atoms with E-state index in [1.807, 2.05) is 66.9 Å². The predicted octanol–water partition coefficient (Wildman–Crippen LogP) is 4.16. The lowest BCUT2D eigenvalue weighted by molar-refractivity contribution is -0.118. The summed E-state index contributed by atoms with van der Waals surface area (Å²) in [6, 6.07) is 19.2. The molecule has 0 radical (unpaired) electrons. The van der Waals surface area contributed by atoms with E-state index in [0.717, 1.165) is 16.8 Å². The summed E-state index contributed by atoms with van der Waals surface area (Å²) in [5.41, 5.74) is 2.69. The van der Waals surface area contributed by atoms with E-state index in [1.165, 1.54) is 23.1 Å². The Labute approximate surface area is 176 Å². The van der Waals surface area contributed by atoms with Crippen LogP contribution in [0.15, 0.2) is 76.0 Å². The summed E-state index contributed by atoms with van der Waals surface area (Å²) in [7, 11) is 0. The third-order valence-electron chi connectivity index (χ3n) is 4.49.